The Labute approximate surface area is 102 Å². The van der Waals surface area contributed by atoms with E-state index in [0.29, 0.717) is 16.8 Å². The molecule has 0 fully saturated rings. The summed E-state index contributed by atoms with van der Waals surface area (Å²) in [6.07, 6.45) is 0. The number of hydrogen-bond acceptors (Lipinski definition) is 4. The molecule has 0 saturated carbocycles. The van der Waals surface area contributed by atoms with E-state index in [2.05, 4.69) is 10.2 Å². The second-order valence-electron chi connectivity index (χ2n) is 3.58. The Kier molecular flexibility index (Phi) is 3.08. The Morgan fingerprint density at radius 1 is 1.39 bits per heavy atom. The summed E-state index contributed by atoms with van der Waals surface area (Å²) in [5.74, 6) is -1.17. The minimum absolute atomic E-state index is 0.128. The largest absolute Gasteiger partial charge is 0.477 e. The van der Waals surface area contributed by atoms with E-state index in [1.54, 1.807) is 24.3 Å². The Morgan fingerprint density at radius 3 is 2.56 bits per heavy atom. The maximum absolute atomic E-state index is 10.9. The number of carbonyl (C=O) groups is 1. The Bertz CT molecular complexity index is 623. The van der Waals surface area contributed by atoms with Crippen LogP contribution in [-0.2, 0) is 6.61 Å². The van der Waals surface area contributed by atoms with Crippen LogP contribution in [0.15, 0.2) is 24.3 Å². The van der Waals surface area contributed by atoms with E-state index in [1.165, 1.54) is 0 Å². The summed E-state index contributed by atoms with van der Waals surface area (Å²) in [5, 5.41) is 33.1. The summed E-state index contributed by atoms with van der Waals surface area (Å²) in [4.78, 5) is 10.9. The SMILES string of the molecule is N#Cc1ccc(-c2n[nH]c(C(=O)O)c2CO)cc1. The first-order chi connectivity index (χ1) is 8.67. The molecule has 0 aliphatic carbocycles. The van der Waals surface area contributed by atoms with Gasteiger partial charge in [-0.1, -0.05) is 12.1 Å². The lowest BCUT2D eigenvalue weighted by atomic mass is 10.0. The van der Waals surface area contributed by atoms with E-state index in [1.807, 2.05) is 6.07 Å². The lowest BCUT2D eigenvalue weighted by Gasteiger charge is -2.00. The van der Waals surface area contributed by atoms with Crippen LogP contribution in [0.3, 0.4) is 0 Å². The van der Waals surface area contributed by atoms with Gasteiger partial charge in [-0.3, -0.25) is 5.10 Å². The number of aliphatic hydroxyl groups excluding tert-OH is 1. The van der Waals surface area contributed by atoms with Gasteiger partial charge < -0.3 is 10.2 Å². The molecule has 6 heteroatoms. The molecule has 1 aromatic heterocycles. The summed E-state index contributed by atoms with van der Waals surface area (Å²) in [5.41, 5.74) is 1.61. The molecule has 18 heavy (non-hydrogen) atoms. The molecule has 2 rings (SSSR count). The summed E-state index contributed by atoms with van der Waals surface area (Å²) in [7, 11) is 0. The van der Waals surface area contributed by atoms with Crippen LogP contribution in [-0.4, -0.2) is 26.4 Å². The summed E-state index contributed by atoms with van der Waals surface area (Å²) in [6, 6.07) is 8.50. The molecular weight excluding hydrogens is 234 g/mol. The van der Waals surface area contributed by atoms with Crippen LogP contribution in [0.4, 0.5) is 0 Å². The van der Waals surface area contributed by atoms with Crippen LogP contribution in [0.25, 0.3) is 11.3 Å². The van der Waals surface area contributed by atoms with Crippen molar-refractivity contribution in [1.82, 2.24) is 10.2 Å². The minimum atomic E-state index is -1.17. The topological polar surface area (TPSA) is 110 Å². The Hall–Kier alpha value is -2.65. The molecule has 1 heterocycles. The molecule has 0 atom stereocenters. The summed E-state index contributed by atoms with van der Waals surface area (Å²) >= 11 is 0. The molecule has 0 saturated heterocycles. The lowest BCUT2D eigenvalue weighted by molar-refractivity contribution is 0.0687. The van der Waals surface area contributed by atoms with Gasteiger partial charge >= 0.3 is 5.97 Å². The predicted molar refractivity (Wildman–Crippen MR) is 61.6 cm³/mol. The number of carboxylic acids is 1. The fourth-order valence-electron chi connectivity index (χ4n) is 1.64. The van der Waals surface area contributed by atoms with Crippen LogP contribution < -0.4 is 0 Å². The number of hydrogen-bond donors (Lipinski definition) is 3. The van der Waals surface area contributed by atoms with Gasteiger partial charge in [0.2, 0.25) is 0 Å². The van der Waals surface area contributed by atoms with Gasteiger partial charge in [-0.25, -0.2) is 4.79 Å². The normalized spacial score (nSPS) is 10.0. The number of carboxylic acid groups (broad SMARTS) is 1. The first-order valence-corrected chi connectivity index (χ1v) is 5.09. The van der Waals surface area contributed by atoms with Crippen LogP contribution in [0.5, 0.6) is 0 Å². The van der Waals surface area contributed by atoms with Gasteiger partial charge in [-0.2, -0.15) is 10.4 Å². The maximum atomic E-state index is 10.9. The number of nitrogens with one attached hydrogen (secondary N) is 1. The van der Waals surface area contributed by atoms with Gasteiger partial charge in [0.1, 0.15) is 5.69 Å². The average Bonchev–Trinajstić information content (AvgIpc) is 2.82. The van der Waals surface area contributed by atoms with Gasteiger partial charge in [0.25, 0.3) is 0 Å². The highest BCUT2D eigenvalue weighted by Gasteiger charge is 2.18. The molecule has 0 unspecified atom stereocenters. The second-order valence-corrected chi connectivity index (χ2v) is 3.58. The van der Waals surface area contributed by atoms with Crippen molar-refractivity contribution in [2.75, 3.05) is 0 Å². The first kappa shape index (κ1) is 11.8. The molecule has 1 aromatic carbocycles. The third kappa shape index (κ3) is 1.95. The number of nitrogens with zero attached hydrogens (tertiary/aromatic N) is 2. The van der Waals surface area contributed by atoms with E-state index in [-0.39, 0.29) is 11.3 Å². The van der Waals surface area contributed by atoms with E-state index in [0.717, 1.165) is 0 Å². The van der Waals surface area contributed by atoms with Crippen molar-refractivity contribution < 1.29 is 15.0 Å². The molecule has 3 N–H and O–H groups in total. The van der Waals surface area contributed by atoms with Gasteiger partial charge in [0.05, 0.1) is 23.9 Å². The molecule has 0 amide bonds. The molecule has 90 valence electrons. The zero-order valence-electron chi connectivity index (χ0n) is 9.21. The third-order valence-corrected chi connectivity index (χ3v) is 2.53. The van der Waals surface area contributed by atoms with Gasteiger partial charge in [-0.15, -0.1) is 0 Å². The average molecular weight is 243 g/mol. The zero-order valence-corrected chi connectivity index (χ0v) is 9.21. The second kappa shape index (κ2) is 4.69. The van der Waals surface area contributed by atoms with E-state index < -0.39 is 12.6 Å². The third-order valence-electron chi connectivity index (χ3n) is 2.53. The van der Waals surface area contributed by atoms with Gasteiger partial charge in [0, 0.05) is 11.1 Å². The highest BCUT2D eigenvalue weighted by molar-refractivity contribution is 5.89. The van der Waals surface area contributed by atoms with Crippen LogP contribution >= 0.6 is 0 Å². The molecule has 0 aliphatic rings. The van der Waals surface area contributed by atoms with Crippen molar-refractivity contribution in [2.45, 2.75) is 6.61 Å². The number of nitriles is 1. The molecule has 0 radical (unpaired) electrons. The number of aromatic nitrogens is 2. The smallest absolute Gasteiger partial charge is 0.354 e. The zero-order chi connectivity index (χ0) is 13.1. The molecule has 0 bridgehead atoms. The molecule has 0 spiro atoms. The van der Waals surface area contributed by atoms with Crippen LogP contribution in [0, 0.1) is 11.3 Å². The highest BCUT2D eigenvalue weighted by atomic mass is 16.4. The van der Waals surface area contributed by atoms with Crippen molar-refractivity contribution in [3.8, 4) is 17.3 Å². The maximum Gasteiger partial charge on any atom is 0.354 e. The van der Waals surface area contributed by atoms with Crippen molar-refractivity contribution in [2.24, 2.45) is 0 Å². The molecular formula is C12H9N3O3. The number of rotatable bonds is 3. The fourth-order valence-corrected chi connectivity index (χ4v) is 1.64. The van der Waals surface area contributed by atoms with Crippen molar-refractivity contribution >= 4 is 5.97 Å². The van der Waals surface area contributed by atoms with Crippen LogP contribution in [0.1, 0.15) is 21.6 Å². The van der Waals surface area contributed by atoms with Crippen molar-refractivity contribution in [1.29, 1.82) is 5.26 Å². The predicted octanol–water partition coefficient (Wildman–Crippen LogP) is 1.14. The van der Waals surface area contributed by atoms with E-state index >= 15 is 0 Å². The number of aromatic carboxylic acids is 1. The number of aliphatic hydroxyl groups is 1. The van der Waals surface area contributed by atoms with Crippen LogP contribution in [0.2, 0.25) is 0 Å². The number of H-pyrrole nitrogens is 1. The van der Waals surface area contributed by atoms with Crippen molar-refractivity contribution in [3.63, 3.8) is 0 Å². The summed E-state index contributed by atoms with van der Waals surface area (Å²) in [6.45, 7) is -0.423. The number of aromatic amines is 1. The highest BCUT2D eigenvalue weighted by Crippen LogP contribution is 2.24. The quantitative estimate of drug-likeness (QED) is 0.748. The molecule has 0 aliphatic heterocycles. The lowest BCUT2D eigenvalue weighted by Crippen LogP contribution is -2.01. The Balaban J connectivity index is 2.50. The number of benzene rings is 1. The van der Waals surface area contributed by atoms with E-state index in [9.17, 15) is 9.90 Å². The minimum Gasteiger partial charge on any atom is -0.477 e. The Morgan fingerprint density at radius 2 is 2.06 bits per heavy atom. The molecule has 2 aromatic rings. The van der Waals surface area contributed by atoms with E-state index in [4.69, 9.17) is 10.4 Å². The molecule has 6 nitrogen and oxygen atoms in total. The standard InChI is InChI=1S/C12H9N3O3/c13-5-7-1-3-8(4-2-7)10-9(6-16)11(12(17)18)15-14-10/h1-4,16H,6H2,(H,14,15)(H,17,18). The van der Waals surface area contributed by atoms with Gasteiger partial charge in [-0.05, 0) is 12.1 Å². The monoisotopic (exact) mass is 243 g/mol. The first-order valence-electron chi connectivity index (χ1n) is 5.09. The van der Waals surface area contributed by atoms with Gasteiger partial charge in [0.15, 0.2) is 0 Å². The fraction of sp³-hybridized carbons (Fsp3) is 0.0833. The summed E-state index contributed by atoms with van der Waals surface area (Å²) < 4.78 is 0. The van der Waals surface area contributed by atoms with Crippen molar-refractivity contribution in [3.05, 3.63) is 41.1 Å².